The fourth-order valence-electron chi connectivity index (χ4n) is 2.30. The predicted octanol–water partition coefficient (Wildman–Crippen LogP) is 2.88. The smallest absolute Gasteiger partial charge is 0.414 e. The molecule has 2 atom stereocenters. The van der Waals surface area contributed by atoms with Crippen LogP contribution in [0.15, 0.2) is 24.3 Å². The molecule has 0 N–H and O–H groups in total. The summed E-state index contributed by atoms with van der Waals surface area (Å²) in [6, 6.07) is 7.85. The molecule has 2 aliphatic heterocycles. The maximum absolute atomic E-state index is 12.2. The van der Waals surface area contributed by atoms with E-state index in [9.17, 15) is 4.79 Å². The Balaban J connectivity index is 1.89. The highest BCUT2D eigenvalue weighted by Crippen LogP contribution is 2.47. The predicted molar refractivity (Wildman–Crippen MR) is 67.6 cm³/mol. The Labute approximate surface area is 106 Å². The molecule has 2 heterocycles. The van der Waals surface area contributed by atoms with Crippen molar-refractivity contribution in [3.05, 3.63) is 29.8 Å². The molecule has 3 rings (SSSR count). The van der Waals surface area contributed by atoms with Gasteiger partial charge in [-0.3, -0.25) is 4.90 Å². The molecule has 4 nitrogen and oxygen atoms in total. The minimum Gasteiger partial charge on any atom is -0.443 e. The first kappa shape index (κ1) is 11.5. The number of amides is 1. The second-order valence-corrected chi connectivity index (χ2v) is 5.74. The minimum absolute atomic E-state index is 0.132. The number of epoxide rings is 1. The normalized spacial score (nSPS) is 25.2. The van der Waals surface area contributed by atoms with Crippen molar-refractivity contribution in [1.29, 1.82) is 0 Å². The second kappa shape index (κ2) is 3.72. The number of carbonyl (C=O) groups is 1. The second-order valence-electron chi connectivity index (χ2n) is 5.74. The highest BCUT2D eigenvalue weighted by molar-refractivity contribution is 5.90. The first-order valence-corrected chi connectivity index (χ1v) is 6.20. The van der Waals surface area contributed by atoms with Crippen molar-refractivity contribution >= 4 is 11.8 Å². The van der Waals surface area contributed by atoms with E-state index in [1.807, 2.05) is 45.0 Å². The van der Waals surface area contributed by atoms with Crippen LogP contribution in [0.4, 0.5) is 10.5 Å². The molecule has 18 heavy (non-hydrogen) atoms. The van der Waals surface area contributed by atoms with E-state index in [0.717, 1.165) is 11.3 Å². The summed E-state index contributed by atoms with van der Waals surface area (Å²) in [6.07, 6.45) is -0.00351. The molecule has 96 valence electrons. The van der Waals surface area contributed by atoms with Gasteiger partial charge in [0.15, 0.2) is 0 Å². The van der Waals surface area contributed by atoms with Gasteiger partial charge in [0.1, 0.15) is 17.8 Å². The Morgan fingerprint density at radius 1 is 1.39 bits per heavy atom. The van der Waals surface area contributed by atoms with E-state index < -0.39 is 5.60 Å². The lowest BCUT2D eigenvalue weighted by Crippen LogP contribution is -2.41. The number of nitrogens with zero attached hydrogens (tertiary/aromatic N) is 1. The van der Waals surface area contributed by atoms with E-state index in [2.05, 4.69) is 0 Å². The summed E-state index contributed by atoms with van der Waals surface area (Å²) in [5, 5.41) is 0. The molecule has 4 heteroatoms. The van der Waals surface area contributed by atoms with E-state index >= 15 is 0 Å². The Morgan fingerprint density at radius 3 is 2.83 bits per heavy atom. The Morgan fingerprint density at radius 2 is 2.11 bits per heavy atom. The Kier molecular flexibility index (Phi) is 2.38. The SMILES string of the molecule is CC(C)(C)OC(=O)N1C[C@H]2O[C@@H]2c2ccccc21. The lowest BCUT2D eigenvalue weighted by Gasteiger charge is -2.30. The van der Waals surface area contributed by atoms with Gasteiger partial charge in [-0.05, 0) is 26.8 Å². The van der Waals surface area contributed by atoms with Crippen molar-refractivity contribution in [2.24, 2.45) is 0 Å². The Bertz CT molecular complexity index is 492. The van der Waals surface area contributed by atoms with Crippen LogP contribution in [0.3, 0.4) is 0 Å². The maximum Gasteiger partial charge on any atom is 0.414 e. The van der Waals surface area contributed by atoms with Crippen LogP contribution in [0.2, 0.25) is 0 Å². The minimum atomic E-state index is -0.479. The first-order chi connectivity index (χ1) is 8.46. The summed E-state index contributed by atoms with van der Waals surface area (Å²) >= 11 is 0. The molecule has 2 aliphatic rings. The van der Waals surface area contributed by atoms with Crippen LogP contribution in [0.1, 0.15) is 32.4 Å². The largest absolute Gasteiger partial charge is 0.443 e. The van der Waals surface area contributed by atoms with Crippen LogP contribution >= 0.6 is 0 Å². The third-order valence-corrected chi connectivity index (χ3v) is 3.09. The standard InChI is InChI=1S/C14H17NO3/c1-14(2,3)18-13(16)15-8-11-12(17-11)9-6-4-5-7-10(9)15/h4-7,11-12H,8H2,1-3H3/t11-,12-/m1/s1. The molecule has 1 aromatic carbocycles. The van der Waals surface area contributed by atoms with Crippen LogP contribution < -0.4 is 4.90 Å². The zero-order chi connectivity index (χ0) is 12.9. The van der Waals surface area contributed by atoms with E-state index in [1.165, 1.54) is 0 Å². The fraction of sp³-hybridized carbons (Fsp3) is 0.500. The molecule has 0 aromatic heterocycles. The molecule has 0 unspecified atom stereocenters. The third kappa shape index (κ3) is 1.97. The van der Waals surface area contributed by atoms with Gasteiger partial charge in [0.25, 0.3) is 0 Å². The van der Waals surface area contributed by atoms with Gasteiger partial charge in [0, 0.05) is 5.56 Å². The van der Waals surface area contributed by atoms with Crippen molar-refractivity contribution in [1.82, 2.24) is 0 Å². The van der Waals surface area contributed by atoms with E-state index in [-0.39, 0.29) is 18.3 Å². The van der Waals surface area contributed by atoms with Gasteiger partial charge in [-0.15, -0.1) is 0 Å². The lowest BCUT2D eigenvalue weighted by molar-refractivity contribution is 0.0577. The van der Waals surface area contributed by atoms with E-state index in [0.29, 0.717) is 6.54 Å². The summed E-state index contributed by atoms with van der Waals surface area (Å²) in [5.41, 5.74) is 1.51. The first-order valence-electron chi connectivity index (χ1n) is 6.20. The number of benzene rings is 1. The number of fused-ring (bicyclic) bond motifs is 3. The van der Waals surface area contributed by atoms with Gasteiger partial charge in [0.2, 0.25) is 0 Å². The molecule has 0 spiro atoms. The molecule has 0 saturated carbocycles. The van der Waals surface area contributed by atoms with E-state index in [4.69, 9.17) is 9.47 Å². The van der Waals surface area contributed by atoms with Gasteiger partial charge in [-0.1, -0.05) is 18.2 Å². The number of hydrogen-bond donors (Lipinski definition) is 0. The van der Waals surface area contributed by atoms with Crippen molar-refractivity contribution in [3.8, 4) is 0 Å². The topological polar surface area (TPSA) is 42.1 Å². The van der Waals surface area contributed by atoms with Crippen molar-refractivity contribution in [3.63, 3.8) is 0 Å². The van der Waals surface area contributed by atoms with Gasteiger partial charge in [0.05, 0.1) is 12.2 Å². The number of para-hydroxylation sites is 1. The molecule has 1 saturated heterocycles. The number of rotatable bonds is 0. The van der Waals surface area contributed by atoms with Gasteiger partial charge < -0.3 is 9.47 Å². The average molecular weight is 247 g/mol. The monoisotopic (exact) mass is 247 g/mol. The summed E-state index contributed by atoms with van der Waals surface area (Å²) in [7, 11) is 0. The number of anilines is 1. The van der Waals surface area contributed by atoms with Crippen LogP contribution in [0, 0.1) is 0 Å². The summed E-state index contributed by atoms with van der Waals surface area (Å²) in [4.78, 5) is 13.9. The zero-order valence-electron chi connectivity index (χ0n) is 10.8. The molecule has 0 aliphatic carbocycles. The van der Waals surface area contributed by atoms with E-state index in [1.54, 1.807) is 4.90 Å². The van der Waals surface area contributed by atoms with Gasteiger partial charge in [-0.25, -0.2) is 4.79 Å². The number of carbonyl (C=O) groups excluding carboxylic acids is 1. The van der Waals surface area contributed by atoms with Crippen LogP contribution in [-0.2, 0) is 9.47 Å². The van der Waals surface area contributed by atoms with Gasteiger partial charge in [-0.2, -0.15) is 0 Å². The molecular weight excluding hydrogens is 230 g/mol. The third-order valence-electron chi connectivity index (χ3n) is 3.09. The number of hydrogen-bond acceptors (Lipinski definition) is 3. The fourth-order valence-corrected chi connectivity index (χ4v) is 2.30. The lowest BCUT2D eigenvalue weighted by atomic mass is 10.0. The molecule has 0 radical (unpaired) electrons. The zero-order valence-corrected chi connectivity index (χ0v) is 10.8. The maximum atomic E-state index is 12.2. The quantitative estimate of drug-likeness (QED) is 0.662. The number of ether oxygens (including phenoxy) is 2. The van der Waals surface area contributed by atoms with Crippen molar-refractivity contribution in [2.45, 2.75) is 38.6 Å². The summed E-state index contributed by atoms with van der Waals surface area (Å²) < 4.78 is 11.0. The van der Waals surface area contributed by atoms with Crippen molar-refractivity contribution in [2.75, 3.05) is 11.4 Å². The van der Waals surface area contributed by atoms with Gasteiger partial charge >= 0.3 is 6.09 Å². The van der Waals surface area contributed by atoms with Crippen LogP contribution in [-0.4, -0.2) is 24.3 Å². The molecular formula is C14H17NO3. The molecule has 1 fully saturated rings. The Hall–Kier alpha value is -1.55. The highest BCUT2D eigenvalue weighted by Gasteiger charge is 2.48. The molecule has 0 bridgehead atoms. The van der Waals surface area contributed by atoms with Crippen LogP contribution in [0.25, 0.3) is 0 Å². The van der Waals surface area contributed by atoms with Crippen molar-refractivity contribution < 1.29 is 14.3 Å². The summed E-state index contributed by atoms with van der Waals surface area (Å²) in [6.45, 7) is 6.20. The highest BCUT2D eigenvalue weighted by atomic mass is 16.6. The molecule has 1 aromatic rings. The van der Waals surface area contributed by atoms with Crippen LogP contribution in [0.5, 0.6) is 0 Å². The molecule has 1 amide bonds. The average Bonchev–Trinajstić information content (AvgIpc) is 3.04. The summed E-state index contributed by atoms with van der Waals surface area (Å²) in [5.74, 6) is 0.